The molecule has 0 spiro atoms. The molecule has 0 atom stereocenters. The molecule has 74 valence electrons. The first-order valence-corrected chi connectivity index (χ1v) is 3.91. The third kappa shape index (κ3) is 2.82. The van der Waals surface area contributed by atoms with Crippen LogP contribution in [0.25, 0.3) is 6.08 Å². The van der Waals surface area contributed by atoms with Crippen molar-refractivity contribution in [2.24, 2.45) is 0 Å². The Hall–Kier alpha value is -1.97. The maximum Gasteiger partial charge on any atom is 0.330 e. The van der Waals surface area contributed by atoms with Crippen LogP contribution < -0.4 is 0 Å². The van der Waals surface area contributed by atoms with Crippen molar-refractivity contribution in [3.05, 3.63) is 29.8 Å². The lowest BCUT2D eigenvalue weighted by Crippen LogP contribution is -1.93. The number of methoxy groups -OCH3 is 1. The average Bonchev–Trinajstić information content (AvgIpc) is 2.12. The Morgan fingerprint density at radius 1 is 1.29 bits per heavy atom. The molecule has 14 heavy (non-hydrogen) atoms. The topological polar surface area (TPSA) is 66.8 Å². The summed E-state index contributed by atoms with van der Waals surface area (Å²) < 4.78 is 4.38. The number of benzene rings is 1. The van der Waals surface area contributed by atoms with Crippen LogP contribution in [0.2, 0.25) is 0 Å². The van der Waals surface area contributed by atoms with Gasteiger partial charge in [-0.15, -0.1) is 0 Å². The lowest BCUT2D eigenvalue weighted by Gasteiger charge is -1.97. The normalized spacial score (nSPS) is 10.4. The molecule has 0 amide bonds. The molecule has 1 aromatic carbocycles. The number of rotatable bonds is 2. The minimum Gasteiger partial charge on any atom is -0.508 e. The molecule has 0 aromatic heterocycles. The molecule has 2 N–H and O–H groups in total. The molecule has 4 nitrogen and oxygen atoms in total. The zero-order valence-electron chi connectivity index (χ0n) is 7.60. The van der Waals surface area contributed by atoms with Crippen LogP contribution in [-0.4, -0.2) is 23.3 Å². The van der Waals surface area contributed by atoms with Gasteiger partial charge in [0.1, 0.15) is 11.5 Å². The highest BCUT2D eigenvalue weighted by Crippen LogP contribution is 2.21. The smallest absolute Gasteiger partial charge is 0.330 e. The van der Waals surface area contributed by atoms with Gasteiger partial charge in [-0.25, -0.2) is 4.79 Å². The van der Waals surface area contributed by atoms with Gasteiger partial charge in [0.25, 0.3) is 0 Å². The number of hydrogen-bond acceptors (Lipinski definition) is 4. The first kappa shape index (κ1) is 10.1. The molecule has 0 radical (unpaired) electrons. The van der Waals surface area contributed by atoms with E-state index in [9.17, 15) is 4.79 Å². The molecule has 0 saturated heterocycles. The summed E-state index contributed by atoms with van der Waals surface area (Å²) in [7, 11) is 1.27. The van der Waals surface area contributed by atoms with Gasteiger partial charge in [-0.3, -0.25) is 0 Å². The highest BCUT2D eigenvalue weighted by atomic mass is 16.5. The number of aromatic hydroxyl groups is 2. The second kappa shape index (κ2) is 4.32. The van der Waals surface area contributed by atoms with E-state index in [-0.39, 0.29) is 11.5 Å². The van der Waals surface area contributed by atoms with Crippen LogP contribution in [-0.2, 0) is 9.53 Å². The predicted molar refractivity (Wildman–Crippen MR) is 50.8 cm³/mol. The third-order valence-electron chi connectivity index (χ3n) is 1.54. The van der Waals surface area contributed by atoms with Crippen LogP contribution in [0, 0.1) is 0 Å². The Morgan fingerprint density at radius 3 is 2.36 bits per heavy atom. The van der Waals surface area contributed by atoms with Crippen LogP contribution in [0.4, 0.5) is 0 Å². The standard InChI is InChI=1S/C10H10O4/c1-14-10(13)3-2-7-4-8(11)6-9(12)5-7/h2-6,11-12H,1H3/b3-2+. The summed E-state index contributed by atoms with van der Waals surface area (Å²) in [5.74, 6) is -0.614. The third-order valence-corrected chi connectivity index (χ3v) is 1.54. The summed E-state index contributed by atoms with van der Waals surface area (Å²) in [6, 6.07) is 4.04. The van der Waals surface area contributed by atoms with Crippen molar-refractivity contribution in [2.75, 3.05) is 7.11 Å². The highest BCUT2D eigenvalue weighted by molar-refractivity contribution is 5.87. The summed E-state index contributed by atoms with van der Waals surface area (Å²) in [5.41, 5.74) is 0.521. The summed E-state index contributed by atoms with van der Waals surface area (Å²) in [4.78, 5) is 10.7. The maximum atomic E-state index is 10.7. The van der Waals surface area contributed by atoms with Crippen molar-refractivity contribution in [2.45, 2.75) is 0 Å². The van der Waals surface area contributed by atoms with Crippen LogP contribution in [0.3, 0.4) is 0 Å². The van der Waals surface area contributed by atoms with Gasteiger partial charge in [-0.1, -0.05) is 0 Å². The highest BCUT2D eigenvalue weighted by Gasteiger charge is 1.97. The Kier molecular flexibility index (Phi) is 3.12. The minimum absolute atomic E-state index is 0.0606. The van der Waals surface area contributed by atoms with E-state index in [1.807, 2.05) is 0 Å². The van der Waals surface area contributed by atoms with Crippen molar-refractivity contribution >= 4 is 12.0 Å². The van der Waals surface area contributed by atoms with Crippen LogP contribution in [0.5, 0.6) is 11.5 Å². The molecule has 0 heterocycles. The van der Waals surface area contributed by atoms with Crippen LogP contribution in [0.15, 0.2) is 24.3 Å². The number of phenolic OH excluding ortho intramolecular Hbond substituents is 2. The van der Waals surface area contributed by atoms with Crippen molar-refractivity contribution in [3.8, 4) is 11.5 Å². The molecule has 0 unspecified atom stereocenters. The molecule has 0 saturated carbocycles. The van der Waals surface area contributed by atoms with E-state index >= 15 is 0 Å². The Balaban J connectivity index is 2.86. The van der Waals surface area contributed by atoms with E-state index in [2.05, 4.69) is 4.74 Å². The number of ether oxygens (including phenoxy) is 1. The Morgan fingerprint density at radius 2 is 1.86 bits per heavy atom. The fourth-order valence-corrected chi connectivity index (χ4v) is 0.947. The van der Waals surface area contributed by atoms with Crippen molar-refractivity contribution in [1.29, 1.82) is 0 Å². The van der Waals surface area contributed by atoms with E-state index in [0.717, 1.165) is 0 Å². The molecule has 0 bridgehead atoms. The maximum absolute atomic E-state index is 10.7. The molecule has 0 aliphatic carbocycles. The molecule has 4 heteroatoms. The SMILES string of the molecule is COC(=O)/C=C/c1cc(O)cc(O)c1. The van der Waals surface area contributed by atoms with Gasteiger partial charge in [-0.05, 0) is 23.8 Å². The second-order valence-corrected chi connectivity index (χ2v) is 2.64. The van der Waals surface area contributed by atoms with E-state index in [1.165, 1.54) is 37.5 Å². The van der Waals surface area contributed by atoms with Crippen molar-refractivity contribution < 1.29 is 19.7 Å². The van der Waals surface area contributed by atoms with Gasteiger partial charge >= 0.3 is 5.97 Å². The van der Waals surface area contributed by atoms with Gasteiger partial charge in [0.05, 0.1) is 7.11 Å². The Labute approximate surface area is 81.1 Å². The molecule has 0 aliphatic heterocycles. The summed E-state index contributed by atoms with van der Waals surface area (Å²) in [6.07, 6.45) is 2.64. The quantitative estimate of drug-likeness (QED) is 0.549. The minimum atomic E-state index is -0.493. The molecule has 0 aliphatic rings. The van der Waals surface area contributed by atoms with Crippen molar-refractivity contribution in [1.82, 2.24) is 0 Å². The second-order valence-electron chi connectivity index (χ2n) is 2.64. The molecule has 1 aromatic rings. The first-order valence-electron chi connectivity index (χ1n) is 3.91. The number of esters is 1. The van der Waals surface area contributed by atoms with E-state index in [4.69, 9.17) is 10.2 Å². The number of carbonyl (C=O) groups is 1. The van der Waals surface area contributed by atoms with Gasteiger partial charge in [0.2, 0.25) is 0 Å². The fraction of sp³-hybridized carbons (Fsp3) is 0.100. The van der Waals surface area contributed by atoms with Crippen LogP contribution >= 0.6 is 0 Å². The Bertz CT molecular complexity index is 348. The molecular formula is C10H10O4. The first-order chi connectivity index (χ1) is 6.61. The van der Waals surface area contributed by atoms with Crippen LogP contribution in [0.1, 0.15) is 5.56 Å². The van der Waals surface area contributed by atoms with Gasteiger partial charge < -0.3 is 14.9 Å². The summed E-state index contributed by atoms with van der Waals surface area (Å²) >= 11 is 0. The van der Waals surface area contributed by atoms with E-state index in [1.54, 1.807) is 0 Å². The predicted octanol–water partition coefficient (Wildman–Crippen LogP) is 1.28. The monoisotopic (exact) mass is 194 g/mol. The van der Waals surface area contributed by atoms with Gasteiger partial charge in [0.15, 0.2) is 0 Å². The molecular weight excluding hydrogens is 184 g/mol. The average molecular weight is 194 g/mol. The van der Waals surface area contributed by atoms with Crippen molar-refractivity contribution in [3.63, 3.8) is 0 Å². The lowest BCUT2D eigenvalue weighted by molar-refractivity contribution is -0.134. The van der Waals surface area contributed by atoms with Gasteiger partial charge in [0, 0.05) is 12.1 Å². The van der Waals surface area contributed by atoms with E-state index < -0.39 is 5.97 Å². The largest absolute Gasteiger partial charge is 0.508 e. The zero-order chi connectivity index (χ0) is 10.6. The summed E-state index contributed by atoms with van der Waals surface area (Å²) in [5, 5.41) is 18.2. The zero-order valence-corrected chi connectivity index (χ0v) is 7.60. The molecule has 0 fully saturated rings. The molecule has 1 rings (SSSR count). The number of hydrogen-bond donors (Lipinski definition) is 2. The van der Waals surface area contributed by atoms with E-state index in [0.29, 0.717) is 5.56 Å². The van der Waals surface area contributed by atoms with Gasteiger partial charge in [-0.2, -0.15) is 0 Å². The number of phenols is 2. The summed E-state index contributed by atoms with van der Waals surface area (Å²) in [6.45, 7) is 0. The number of carbonyl (C=O) groups excluding carboxylic acids is 1. The lowest BCUT2D eigenvalue weighted by atomic mass is 10.2. The fourth-order valence-electron chi connectivity index (χ4n) is 0.947.